The minimum Gasteiger partial charge on any atom is -0.508 e. The average Bonchev–Trinajstić information content (AvgIpc) is 3.75. The van der Waals surface area contributed by atoms with Crippen LogP contribution in [0.5, 0.6) is 11.5 Å². The molecule has 5 rings (SSSR count). The number of hydrogen-bond donors (Lipinski definition) is 5. The summed E-state index contributed by atoms with van der Waals surface area (Å²) in [5.41, 5.74) is 5.71. The molecule has 2 aliphatic rings. The number of aromatic hydroxyl groups is 2. The van der Waals surface area contributed by atoms with E-state index in [0.29, 0.717) is 29.7 Å². The third-order valence-electron chi connectivity index (χ3n) is 6.51. The third kappa shape index (κ3) is 5.94. The Balaban J connectivity index is 1.41. The Bertz CT molecular complexity index is 1560. The molecule has 1 aliphatic carbocycles. The minimum absolute atomic E-state index is 0.0469. The van der Waals surface area contributed by atoms with Crippen LogP contribution in [0.2, 0.25) is 5.02 Å². The van der Waals surface area contributed by atoms with Gasteiger partial charge in [0.25, 0.3) is 0 Å². The fourth-order valence-electron chi connectivity index (χ4n) is 4.27. The highest BCUT2D eigenvalue weighted by Gasteiger charge is 2.23. The summed E-state index contributed by atoms with van der Waals surface area (Å²) in [6.07, 6.45) is 6.49. The fourth-order valence-corrected chi connectivity index (χ4v) is 4.47. The second-order valence-corrected chi connectivity index (χ2v) is 9.95. The number of aromatic nitrogens is 1. The number of nitrogens with zero attached hydrogens (tertiary/aromatic N) is 3. The van der Waals surface area contributed by atoms with E-state index >= 15 is 0 Å². The number of hydrogen-bond acceptors (Lipinski definition) is 7. The summed E-state index contributed by atoms with van der Waals surface area (Å²) in [6, 6.07) is 13.0. The van der Waals surface area contributed by atoms with E-state index in [1.165, 1.54) is 12.4 Å². The summed E-state index contributed by atoms with van der Waals surface area (Å²) >= 11 is 6.07. The van der Waals surface area contributed by atoms with Crippen molar-refractivity contribution in [2.75, 3.05) is 11.9 Å². The van der Waals surface area contributed by atoms with Crippen LogP contribution in [0.15, 0.2) is 90.6 Å². The standard InChI is InChI=1S/C30H29ClN6O3/c1-4-37-18(3)26(34-30(40)35-29-25(31)15-32-16-28(29)39)14-27(36-37)20-7-5-6-19(10-20)22-11-21(12-24(38)13-22)17(2)33-23-8-9-23/h5-7,10-16,23,33,38-39H,2-4,8-9H2,1H3,(H2,32,34,35,40). The van der Waals surface area contributed by atoms with Crippen molar-refractivity contribution >= 4 is 34.7 Å². The zero-order valence-electron chi connectivity index (χ0n) is 21.9. The Hall–Kier alpha value is -4.76. The second-order valence-electron chi connectivity index (χ2n) is 9.55. The van der Waals surface area contributed by atoms with Crippen LogP contribution in [0, 0.1) is 0 Å². The zero-order valence-corrected chi connectivity index (χ0v) is 22.7. The number of phenols is 1. The highest BCUT2D eigenvalue weighted by Crippen LogP contribution is 2.32. The first-order valence-electron chi connectivity index (χ1n) is 12.8. The van der Waals surface area contributed by atoms with E-state index in [2.05, 4.69) is 34.1 Å². The van der Waals surface area contributed by atoms with Crippen molar-refractivity contribution < 1.29 is 15.0 Å². The van der Waals surface area contributed by atoms with Gasteiger partial charge in [-0.2, -0.15) is 5.10 Å². The molecular weight excluding hydrogens is 528 g/mol. The predicted molar refractivity (Wildman–Crippen MR) is 158 cm³/mol. The number of halogens is 1. The molecule has 2 amide bonds. The molecule has 204 valence electrons. The Labute approximate surface area is 237 Å². The number of phenolic OH excluding ortho intramolecular Hbond substituents is 1. The van der Waals surface area contributed by atoms with E-state index in [1.807, 2.05) is 37.3 Å². The number of allylic oxidation sites excluding steroid dienone is 1. The van der Waals surface area contributed by atoms with E-state index in [1.54, 1.807) is 23.2 Å². The molecule has 9 nitrogen and oxygen atoms in total. The van der Waals surface area contributed by atoms with Crippen LogP contribution in [0.25, 0.3) is 16.8 Å². The number of likely N-dealkylation sites (N-methyl/N-ethyl adjacent to an activating group) is 1. The van der Waals surface area contributed by atoms with Gasteiger partial charge < -0.3 is 26.2 Å². The molecular formula is C30H29ClN6O3. The van der Waals surface area contributed by atoms with Gasteiger partial charge >= 0.3 is 6.03 Å². The van der Waals surface area contributed by atoms with Crippen LogP contribution in [0.3, 0.4) is 0 Å². The lowest BCUT2D eigenvalue weighted by Crippen LogP contribution is -2.35. The number of amides is 2. The van der Waals surface area contributed by atoms with Crippen LogP contribution in [-0.4, -0.2) is 44.5 Å². The molecule has 5 N–H and O–H groups in total. The van der Waals surface area contributed by atoms with Crippen LogP contribution in [0.1, 0.15) is 30.9 Å². The number of rotatable bonds is 8. The molecule has 0 saturated heterocycles. The molecule has 10 heteroatoms. The summed E-state index contributed by atoms with van der Waals surface area (Å²) in [6.45, 7) is 10.7. The first-order valence-corrected chi connectivity index (χ1v) is 13.2. The average molecular weight is 557 g/mol. The quantitative estimate of drug-likeness (QED) is 0.239. The maximum Gasteiger partial charge on any atom is 0.323 e. The highest BCUT2D eigenvalue weighted by atomic mass is 35.5. The van der Waals surface area contributed by atoms with Crippen molar-refractivity contribution in [1.29, 1.82) is 0 Å². The normalized spacial score (nSPS) is 14.8. The summed E-state index contributed by atoms with van der Waals surface area (Å²) in [4.78, 5) is 16.6. The van der Waals surface area contributed by atoms with E-state index < -0.39 is 6.03 Å². The Kier molecular flexibility index (Phi) is 7.48. The Morgan fingerprint density at radius 1 is 1.10 bits per heavy atom. The Morgan fingerprint density at radius 3 is 2.60 bits per heavy atom. The summed E-state index contributed by atoms with van der Waals surface area (Å²) in [5, 5.41) is 35.7. The smallest absolute Gasteiger partial charge is 0.323 e. The molecule has 0 radical (unpaired) electrons. The number of anilines is 1. The molecule has 0 spiro atoms. The van der Waals surface area contributed by atoms with Crippen molar-refractivity contribution in [2.45, 2.75) is 25.8 Å². The molecule has 1 aromatic heterocycles. The number of carbonyl (C=O) groups excluding carboxylic acids is 1. The van der Waals surface area contributed by atoms with E-state index in [0.717, 1.165) is 40.8 Å². The van der Waals surface area contributed by atoms with Crippen molar-refractivity contribution in [3.8, 4) is 22.6 Å². The summed E-state index contributed by atoms with van der Waals surface area (Å²) < 4.78 is 0. The van der Waals surface area contributed by atoms with Gasteiger partial charge in [-0.05, 0) is 61.2 Å². The van der Waals surface area contributed by atoms with Gasteiger partial charge in [0.15, 0.2) is 5.75 Å². The van der Waals surface area contributed by atoms with E-state index in [-0.39, 0.29) is 22.2 Å². The molecule has 0 unspecified atom stereocenters. The van der Waals surface area contributed by atoms with Gasteiger partial charge in [-0.3, -0.25) is 9.99 Å². The predicted octanol–water partition coefficient (Wildman–Crippen LogP) is 5.79. The second kappa shape index (κ2) is 11.2. The topological polar surface area (TPSA) is 122 Å². The van der Waals surface area contributed by atoms with Gasteiger partial charge in [-0.15, -0.1) is 0 Å². The number of benzene rings is 2. The van der Waals surface area contributed by atoms with E-state index in [4.69, 9.17) is 16.7 Å². The SMILES string of the molecule is C=C(NC1CC1)c1cc(O)cc(-c2cccc(C3=NN(CC)C(=C)C(NC(=O)Nc4c(O)cncc4Cl)=C3)c2)c1. The summed E-state index contributed by atoms with van der Waals surface area (Å²) in [7, 11) is 0. The van der Waals surface area contributed by atoms with Crippen LogP contribution in [0.4, 0.5) is 10.5 Å². The molecule has 0 bridgehead atoms. The van der Waals surface area contributed by atoms with Gasteiger partial charge in [0.05, 0.1) is 28.3 Å². The molecule has 1 fully saturated rings. The minimum atomic E-state index is -0.616. The number of nitrogens with one attached hydrogen (secondary N) is 3. The number of pyridine rings is 1. The highest BCUT2D eigenvalue weighted by molar-refractivity contribution is 6.34. The summed E-state index contributed by atoms with van der Waals surface area (Å²) in [5.74, 6) is -0.104. The largest absolute Gasteiger partial charge is 0.508 e. The molecule has 2 aromatic carbocycles. The molecule has 3 aromatic rings. The first kappa shape index (κ1) is 26.8. The lowest BCUT2D eigenvalue weighted by molar-refractivity contribution is 0.253. The molecule has 0 atom stereocenters. The number of urea groups is 1. The van der Waals surface area contributed by atoms with Crippen molar-refractivity contribution in [3.63, 3.8) is 0 Å². The van der Waals surface area contributed by atoms with E-state index in [9.17, 15) is 15.0 Å². The molecule has 40 heavy (non-hydrogen) atoms. The lowest BCUT2D eigenvalue weighted by Gasteiger charge is -2.27. The number of hydrazone groups is 1. The van der Waals surface area contributed by atoms with Crippen LogP contribution < -0.4 is 16.0 Å². The zero-order chi connectivity index (χ0) is 28.4. The van der Waals surface area contributed by atoms with Crippen LogP contribution >= 0.6 is 11.6 Å². The first-order chi connectivity index (χ1) is 19.2. The van der Waals surface area contributed by atoms with Crippen molar-refractivity contribution in [3.05, 3.63) is 102 Å². The number of carbonyl (C=O) groups is 1. The molecule has 2 heterocycles. The van der Waals surface area contributed by atoms with Gasteiger partial charge in [0.2, 0.25) is 0 Å². The molecule has 1 aliphatic heterocycles. The molecule has 1 saturated carbocycles. The van der Waals surface area contributed by atoms with Crippen LogP contribution in [-0.2, 0) is 0 Å². The Morgan fingerprint density at radius 2 is 1.88 bits per heavy atom. The monoisotopic (exact) mass is 556 g/mol. The third-order valence-corrected chi connectivity index (χ3v) is 6.80. The van der Waals surface area contributed by atoms with Gasteiger partial charge in [-0.25, -0.2) is 4.79 Å². The van der Waals surface area contributed by atoms with Gasteiger partial charge in [0.1, 0.15) is 11.4 Å². The van der Waals surface area contributed by atoms with Gasteiger partial charge in [-0.1, -0.05) is 43.0 Å². The maximum atomic E-state index is 12.8. The lowest BCUT2D eigenvalue weighted by atomic mass is 9.97. The maximum absolute atomic E-state index is 12.8. The van der Waals surface area contributed by atoms with Crippen molar-refractivity contribution in [1.82, 2.24) is 20.6 Å². The fraction of sp³-hybridized carbons (Fsp3) is 0.167. The van der Waals surface area contributed by atoms with Gasteiger partial charge in [0, 0.05) is 35.6 Å². The van der Waals surface area contributed by atoms with Crippen molar-refractivity contribution in [2.24, 2.45) is 5.10 Å².